The number of ether oxygens (including phenoxy) is 1. The lowest BCUT2D eigenvalue weighted by molar-refractivity contribution is 0.156. The molecule has 0 amide bonds. The molecule has 1 heterocycles. The van der Waals surface area contributed by atoms with Crippen LogP contribution in [0.5, 0.6) is 0 Å². The maximum absolute atomic E-state index is 8.74. The molecule has 0 aromatic rings. The van der Waals surface area contributed by atoms with Gasteiger partial charge in [0.15, 0.2) is 6.29 Å². The molecule has 1 saturated heterocycles. The normalized spacial score (nSPS) is 30.6. The molecule has 0 saturated carbocycles. The topological polar surface area (TPSA) is 58.8 Å². The van der Waals surface area contributed by atoms with Crippen molar-refractivity contribution in [2.45, 2.75) is 38.1 Å². The van der Waals surface area contributed by atoms with Gasteiger partial charge in [-0.05, 0) is 19.4 Å². The van der Waals surface area contributed by atoms with Gasteiger partial charge in [-0.15, -0.1) is 0 Å². The molecule has 60 valence electrons. The van der Waals surface area contributed by atoms with Crippen molar-refractivity contribution in [2.75, 3.05) is 6.54 Å². The maximum atomic E-state index is 8.74. The van der Waals surface area contributed by atoms with Gasteiger partial charge in [0, 0.05) is 0 Å². The summed E-state index contributed by atoms with van der Waals surface area (Å²) < 4.78 is 4.82. The van der Waals surface area contributed by atoms with Crippen LogP contribution in [0.2, 0.25) is 0 Å². The van der Waals surface area contributed by atoms with Crippen LogP contribution in [0, 0.1) is 0 Å². The zero-order chi connectivity index (χ0) is 7.40. The Hall–Kier alpha value is -0.120. The largest absolute Gasteiger partial charge is 0.366 e. The van der Waals surface area contributed by atoms with E-state index < -0.39 is 6.29 Å². The van der Waals surface area contributed by atoms with Crippen molar-refractivity contribution in [3.05, 3.63) is 0 Å². The summed E-state index contributed by atoms with van der Waals surface area (Å²) in [5.74, 6) is 0. The minimum absolute atomic E-state index is 0.137. The second kappa shape index (κ2) is 3.91. The number of epoxide rings is 1. The van der Waals surface area contributed by atoms with E-state index in [1.54, 1.807) is 0 Å². The summed E-state index contributed by atoms with van der Waals surface area (Å²) in [5, 5.41) is 8.74. The van der Waals surface area contributed by atoms with Gasteiger partial charge >= 0.3 is 0 Å². The summed E-state index contributed by atoms with van der Waals surface area (Å²) in [5.41, 5.74) is 5.31. The number of aliphatic hydroxyl groups excluding tert-OH is 1. The Kier molecular flexibility index (Phi) is 3.12. The molecule has 1 fully saturated rings. The first-order valence-electron chi connectivity index (χ1n) is 3.88. The minimum Gasteiger partial charge on any atom is -0.366 e. The monoisotopic (exact) mass is 145 g/mol. The lowest BCUT2D eigenvalue weighted by Crippen LogP contribution is -1.98. The van der Waals surface area contributed by atoms with Gasteiger partial charge in [-0.3, -0.25) is 0 Å². The van der Waals surface area contributed by atoms with Gasteiger partial charge in [0.05, 0.1) is 0 Å². The fourth-order valence-corrected chi connectivity index (χ4v) is 1.01. The lowest BCUT2D eigenvalue weighted by Gasteiger charge is -1.94. The number of hydrogen-bond donors (Lipinski definition) is 2. The van der Waals surface area contributed by atoms with Gasteiger partial charge in [-0.1, -0.05) is 12.8 Å². The van der Waals surface area contributed by atoms with E-state index in [1.807, 2.05) is 0 Å². The number of aliphatic hydroxyl groups is 1. The zero-order valence-corrected chi connectivity index (χ0v) is 6.12. The Morgan fingerprint density at radius 2 is 2.00 bits per heavy atom. The Balaban J connectivity index is 1.78. The third-order valence-electron chi connectivity index (χ3n) is 1.75. The van der Waals surface area contributed by atoms with Gasteiger partial charge in [-0.2, -0.15) is 0 Å². The van der Waals surface area contributed by atoms with Crippen molar-refractivity contribution >= 4 is 0 Å². The smallest absolute Gasteiger partial charge is 0.181 e. The van der Waals surface area contributed by atoms with Crippen LogP contribution >= 0.6 is 0 Å². The summed E-state index contributed by atoms with van der Waals surface area (Å²) in [7, 11) is 0. The van der Waals surface area contributed by atoms with Gasteiger partial charge in [-0.25, -0.2) is 0 Å². The molecule has 0 aliphatic carbocycles. The summed E-state index contributed by atoms with van der Waals surface area (Å²) in [6, 6.07) is 0. The molecule has 1 rings (SSSR count). The number of hydrogen-bond acceptors (Lipinski definition) is 3. The molecule has 1 aliphatic heterocycles. The first-order valence-corrected chi connectivity index (χ1v) is 3.88. The molecule has 3 heteroatoms. The van der Waals surface area contributed by atoms with E-state index in [1.165, 1.54) is 0 Å². The highest BCUT2D eigenvalue weighted by molar-refractivity contribution is 4.74. The molecular formula is C7H15NO2. The number of unbranched alkanes of at least 4 members (excludes halogenated alkanes) is 2. The Bertz CT molecular complexity index is 97.6. The highest BCUT2D eigenvalue weighted by Gasteiger charge is 2.35. The summed E-state index contributed by atoms with van der Waals surface area (Å²) in [6.45, 7) is 0.772. The average Bonchev–Trinajstić information content (AvgIpc) is 2.60. The van der Waals surface area contributed by atoms with E-state index in [0.29, 0.717) is 0 Å². The average molecular weight is 145 g/mol. The quantitative estimate of drug-likeness (QED) is 0.430. The Morgan fingerprint density at radius 1 is 1.30 bits per heavy atom. The van der Waals surface area contributed by atoms with Crippen LogP contribution in [-0.4, -0.2) is 24.0 Å². The highest BCUT2D eigenvalue weighted by Crippen LogP contribution is 2.24. The molecule has 2 unspecified atom stereocenters. The SMILES string of the molecule is NCCCCCC1OC1O. The van der Waals surface area contributed by atoms with E-state index in [0.717, 1.165) is 32.2 Å². The molecule has 0 aromatic heterocycles. The van der Waals surface area contributed by atoms with Crippen LogP contribution in [0.4, 0.5) is 0 Å². The van der Waals surface area contributed by atoms with Crippen molar-refractivity contribution < 1.29 is 9.84 Å². The van der Waals surface area contributed by atoms with E-state index in [2.05, 4.69) is 0 Å². The van der Waals surface area contributed by atoms with E-state index in [9.17, 15) is 0 Å². The highest BCUT2D eigenvalue weighted by atomic mass is 16.7. The molecule has 10 heavy (non-hydrogen) atoms. The van der Waals surface area contributed by atoms with E-state index in [-0.39, 0.29) is 6.10 Å². The predicted octanol–water partition coefficient (Wildman–Crippen LogP) is 0.223. The molecule has 3 nitrogen and oxygen atoms in total. The second-order valence-corrected chi connectivity index (χ2v) is 2.70. The Labute approximate surface area is 61.2 Å². The molecule has 0 radical (unpaired) electrons. The summed E-state index contributed by atoms with van der Waals surface area (Å²) in [6.07, 6.45) is 4.03. The molecule has 2 atom stereocenters. The van der Waals surface area contributed by atoms with Gasteiger partial charge in [0.1, 0.15) is 6.10 Å². The molecule has 3 N–H and O–H groups in total. The first-order chi connectivity index (χ1) is 4.84. The third-order valence-corrected chi connectivity index (χ3v) is 1.75. The summed E-state index contributed by atoms with van der Waals surface area (Å²) >= 11 is 0. The minimum atomic E-state index is -0.460. The number of nitrogens with two attached hydrogens (primary N) is 1. The van der Waals surface area contributed by atoms with Crippen LogP contribution in [0.15, 0.2) is 0 Å². The molecule has 0 spiro atoms. The Morgan fingerprint density at radius 3 is 2.50 bits per heavy atom. The number of rotatable bonds is 5. The predicted molar refractivity (Wildman–Crippen MR) is 38.4 cm³/mol. The third kappa shape index (κ3) is 2.64. The van der Waals surface area contributed by atoms with Crippen molar-refractivity contribution in [3.63, 3.8) is 0 Å². The van der Waals surface area contributed by atoms with Gasteiger partial charge in [0.2, 0.25) is 0 Å². The van der Waals surface area contributed by atoms with Crippen molar-refractivity contribution in [2.24, 2.45) is 5.73 Å². The van der Waals surface area contributed by atoms with Gasteiger partial charge in [0.25, 0.3) is 0 Å². The molecular weight excluding hydrogens is 130 g/mol. The standard InChI is InChI=1S/C7H15NO2/c8-5-3-1-2-4-6-7(9)10-6/h6-7,9H,1-5,8H2. The maximum Gasteiger partial charge on any atom is 0.181 e. The van der Waals surface area contributed by atoms with Gasteiger partial charge < -0.3 is 15.6 Å². The zero-order valence-electron chi connectivity index (χ0n) is 6.12. The lowest BCUT2D eigenvalue weighted by atomic mass is 10.1. The van der Waals surface area contributed by atoms with Crippen molar-refractivity contribution in [3.8, 4) is 0 Å². The van der Waals surface area contributed by atoms with Crippen LogP contribution in [0.1, 0.15) is 25.7 Å². The second-order valence-electron chi connectivity index (χ2n) is 2.70. The fraction of sp³-hybridized carbons (Fsp3) is 1.00. The van der Waals surface area contributed by atoms with Crippen LogP contribution in [0.3, 0.4) is 0 Å². The molecule has 0 aromatic carbocycles. The summed E-state index contributed by atoms with van der Waals surface area (Å²) in [4.78, 5) is 0. The van der Waals surface area contributed by atoms with Crippen molar-refractivity contribution in [1.29, 1.82) is 0 Å². The van der Waals surface area contributed by atoms with E-state index >= 15 is 0 Å². The van der Waals surface area contributed by atoms with Crippen LogP contribution in [0.25, 0.3) is 0 Å². The van der Waals surface area contributed by atoms with E-state index in [4.69, 9.17) is 15.6 Å². The van der Waals surface area contributed by atoms with Crippen LogP contribution < -0.4 is 5.73 Å². The molecule has 1 aliphatic rings. The first kappa shape index (κ1) is 7.98. The fourth-order valence-electron chi connectivity index (χ4n) is 1.01. The van der Waals surface area contributed by atoms with Crippen LogP contribution in [-0.2, 0) is 4.74 Å². The van der Waals surface area contributed by atoms with Crippen molar-refractivity contribution in [1.82, 2.24) is 0 Å². The molecule has 0 bridgehead atoms.